The van der Waals surface area contributed by atoms with Crippen LogP contribution in [0.5, 0.6) is 0 Å². The number of esters is 1. The number of alkyl halides is 3. The Morgan fingerprint density at radius 1 is 1.37 bits per heavy atom. The largest absolute Gasteiger partial charge is 0.457 e. The molecule has 0 N–H and O–H groups in total. The van der Waals surface area contributed by atoms with E-state index < -0.39 is 15.7 Å². The Labute approximate surface area is 129 Å². The minimum absolute atomic E-state index is 0.120. The van der Waals surface area contributed by atoms with Gasteiger partial charge in [-0.3, -0.25) is 4.79 Å². The van der Waals surface area contributed by atoms with Crippen LogP contribution in [-0.4, -0.2) is 34.4 Å². The number of carbonyl (C=O) groups is 1. The molecule has 1 rings (SSSR count). The molecule has 0 spiro atoms. The summed E-state index contributed by atoms with van der Waals surface area (Å²) in [5.74, 6) is -0.881. The molecule has 4 nitrogen and oxygen atoms in total. The minimum Gasteiger partial charge on any atom is -0.457 e. The zero-order valence-corrected chi connectivity index (χ0v) is 14.1. The van der Waals surface area contributed by atoms with Gasteiger partial charge in [0.15, 0.2) is 10.1 Å². The fraction of sp³-hybridized carbons (Fsp3) is 0.917. The van der Waals surface area contributed by atoms with Crippen molar-refractivity contribution in [3.63, 3.8) is 0 Å². The molecule has 1 unspecified atom stereocenters. The molecule has 114 valence electrons. The second-order valence-electron chi connectivity index (χ2n) is 5.09. The summed E-state index contributed by atoms with van der Waals surface area (Å²) in [6.45, 7) is 9.49. The molecule has 0 aliphatic carbocycles. The van der Waals surface area contributed by atoms with Crippen molar-refractivity contribution in [2.24, 2.45) is 0 Å². The Morgan fingerprint density at radius 2 is 1.84 bits per heavy atom. The Balaban J connectivity index is 0.000000711. The molecule has 1 heterocycles. The molecule has 0 radical (unpaired) electrons. The number of ether oxygens (including phenoxy) is 3. The smallest absolute Gasteiger partial charge is 0.303 e. The van der Waals surface area contributed by atoms with Crippen molar-refractivity contribution in [2.45, 2.75) is 62.8 Å². The van der Waals surface area contributed by atoms with Crippen molar-refractivity contribution in [2.75, 3.05) is 6.61 Å². The van der Waals surface area contributed by atoms with Gasteiger partial charge in [-0.25, -0.2) is 0 Å². The summed E-state index contributed by atoms with van der Waals surface area (Å²) in [7, 11) is 0. The van der Waals surface area contributed by atoms with Crippen LogP contribution in [0.15, 0.2) is 0 Å². The summed E-state index contributed by atoms with van der Waals surface area (Å²) < 4.78 is 15.7. The summed E-state index contributed by atoms with van der Waals surface area (Å²) in [5, 5.41) is 0. The highest BCUT2D eigenvalue weighted by Gasteiger charge is 2.40. The van der Waals surface area contributed by atoms with Gasteiger partial charge in [-0.15, -0.1) is 0 Å². The molecule has 1 aliphatic heterocycles. The molecule has 19 heavy (non-hydrogen) atoms. The van der Waals surface area contributed by atoms with Crippen LogP contribution in [0.1, 0.15) is 41.0 Å². The van der Waals surface area contributed by atoms with Gasteiger partial charge in [-0.1, -0.05) is 34.8 Å². The van der Waals surface area contributed by atoms with Gasteiger partial charge in [-0.05, 0) is 27.7 Å². The molecule has 0 saturated carbocycles. The van der Waals surface area contributed by atoms with Crippen LogP contribution >= 0.6 is 34.8 Å². The van der Waals surface area contributed by atoms with E-state index in [9.17, 15) is 4.79 Å². The van der Waals surface area contributed by atoms with E-state index in [0.717, 1.165) is 6.42 Å². The third-order valence-corrected chi connectivity index (χ3v) is 2.44. The Bertz CT molecular complexity index is 290. The second kappa shape index (κ2) is 7.89. The van der Waals surface area contributed by atoms with Crippen LogP contribution in [0.3, 0.4) is 0 Å². The first-order valence-electron chi connectivity index (χ1n) is 5.90. The molecule has 0 aromatic carbocycles. The summed E-state index contributed by atoms with van der Waals surface area (Å²) in [5.41, 5.74) is -0.604. The van der Waals surface area contributed by atoms with Crippen LogP contribution in [0.2, 0.25) is 0 Å². The zero-order valence-electron chi connectivity index (χ0n) is 11.8. The predicted molar refractivity (Wildman–Crippen MR) is 76.7 cm³/mol. The highest BCUT2D eigenvalue weighted by Crippen LogP contribution is 2.30. The maximum atomic E-state index is 11.0. The molecular weight excluding hydrogens is 314 g/mol. The topological polar surface area (TPSA) is 44.8 Å². The number of rotatable bonds is 2. The maximum absolute atomic E-state index is 11.0. The molecule has 1 atom stereocenters. The summed E-state index contributed by atoms with van der Waals surface area (Å²) >= 11 is 14.4. The SMILES string of the molecule is CC(=O)OC(C)(C)C1CCOC(C)(C)O1.ClC(Cl)Cl. The van der Waals surface area contributed by atoms with Gasteiger partial charge in [0.25, 0.3) is 0 Å². The van der Waals surface area contributed by atoms with Crippen molar-refractivity contribution in [1.82, 2.24) is 0 Å². The molecule has 1 saturated heterocycles. The highest BCUT2D eigenvalue weighted by atomic mass is 35.6. The Hall–Kier alpha value is 0.260. The molecule has 1 fully saturated rings. The summed E-state index contributed by atoms with van der Waals surface area (Å²) in [6, 6.07) is 0. The van der Waals surface area contributed by atoms with Crippen molar-refractivity contribution in [3.05, 3.63) is 0 Å². The standard InChI is InChI=1S/C11H20O4.CHCl3/c1-8(12)14-10(2,3)9-6-7-13-11(4,5)15-9;2-1(3)4/h9H,6-7H2,1-5H3;1H. The molecule has 7 heteroatoms. The van der Waals surface area contributed by atoms with E-state index in [1.54, 1.807) is 0 Å². The normalized spacial score (nSPS) is 22.5. The first-order valence-corrected chi connectivity index (χ1v) is 7.21. The van der Waals surface area contributed by atoms with E-state index in [2.05, 4.69) is 0 Å². The van der Waals surface area contributed by atoms with Crippen LogP contribution in [0, 0.1) is 0 Å². The molecule has 0 aromatic heterocycles. The van der Waals surface area contributed by atoms with E-state index in [0.29, 0.717) is 6.61 Å². The third kappa shape index (κ3) is 8.92. The fourth-order valence-electron chi connectivity index (χ4n) is 1.77. The molecule has 0 aromatic rings. The quantitative estimate of drug-likeness (QED) is 0.568. The molecule has 0 bridgehead atoms. The first kappa shape index (κ1) is 19.3. The predicted octanol–water partition coefficient (Wildman–Crippen LogP) is 3.86. The number of carbonyl (C=O) groups excluding carboxylic acids is 1. The lowest BCUT2D eigenvalue weighted by Gasteiger charge is -2.42. The number of hydrogen-bond donors (Lipinski definition) is 0. The van der Waals surface area contributed by atoms with Gasteiger partial charge in [0.05, 0.1) is 6.61 Å². The van der Waals surface area contributed by atoms with Crippen LogP contribution < -0.4 is 0 Å². The molecular formula is C12H21Cl3O4. The lowest BCUT2D eigenvalue weighted by atomic mass is 9.97. The van der Waals surface area contributed by atoms with Crippen molar-refractivity contribution < 1.29 is 19.0 Å². The lowest BCUT2D eigenvalue weighted by molar-refractivity contribution is -0.301. The summed E-state index contributed by atoms with van der Waals surface area (Å²) in [6.07, 6.45) is 0.620. The molecule has 0 amide bonds. The zero-order chi connectivity index (χ0) is 15.3. The summed E-state index contributed by atoms with van der Waals surface area (Å²) in [4.78, 5) is 11.0. The van der Waals surface area contributed by atoms with Crippen molar-refractivity contribution in [1.29, 1.82) is 0 Å². The van der Waals surface area contributed by atoms with Crippen LogP contribution in [-0.2, 0) is 19.0 Å². The third-order valence-electron chi connectivity index (χ3n) is 2.44. The second-order valence-corrected chi connectivity index (χ2v) is 7.07. The fourth-order valence-corrected chi connectivity index (χ4v) is 1.77. The number of halogens is 3. The first-order chi connectivity index (χ1) is 8.46. The van der Waals surface area contributed by atoms with E-state index in [-0.39, 0.29) is 12.1 Å². The van der Waals surface area contributed by atoms with E-state index in [4.69, 9.17) is 49.0 Å². The van der Waals surface area contributed by atoms with Crippen molar-refractivity contribution in [3.8, 4) is 0 Å². The maximum Gasteiger partial charge on any atom is 0.303 e. The van der Waals surface area contributed by atoms with Gasteiger partial charge in [0.2, 0.25) is 0 Å². The van der Waals surface area contributed by atoms with Crippen LogP contribution in [0.25, 0.3) is 0 Å². The minimum atomic E-state index is -0.750. The number of hydrogen-bond acceptors (Lipinski definition) is 4. The van der Waals surface area contributed by atoms with Gasteiger partial charge in [-0.2, -0.15) is 0 Å². The van der Waals surface area contributed by atoms with E-state index in [1.165, 1.54) is 6.92 Å². The van der Waals surface area contributed by atoms with Crippen molar-refractivity contribution >= 4 is 40.8 Å². The average molecular weight is 336 g/mol. The van der Waals surface area contributed by atoms with Gasteiger partial charge in [0.1, 0.15) is 11.7 Å². The molecule has 1 aliphatic rings. The van der Waals surface area contributed by atoms with Gasteiger partial charge < -0.3 is 14.2 Å². The monoisotopic (exact) mass is 334 g/mol. The lowest BCUT2D eigenvalue weighted by Crippen LogP contribution is -2.51. The van der Waals surface area contributed by atoms with E-state index in [1.807, 2.05) is 27.7 Å². The average Bonchev–Trinajstić information content (AvgIpc) is 2.12. The van der Waals surface area contributed by atoms with Crippen LogP contribution in [0.4, 0.5) is 0 Å². The highest BCUT2D eigenvalue weighted by molar-refractivity contribution is 6.63. The van der Waals surface area contributed by atoms with E-state index >= 15 is 0 Å². The van der Waals surface area contributed by atoms with Gasteiger partial charge >= 0.3 is 5.97 Å². The Morgan fingerprint density at radius 3 is 2.21 bits per heavy atom. The Kier molecular flexibility index (Phi) is 8.00. The van der Waals surface area contributed by atoms with Gasteiger partial charge in [0, 0.05) is 13.3 Å².